The summed E-state index contributed by atoms with van der Waals surface area (Å²) in [7, 11) is 3.70. The first-order valence-corrected chi connectivity index (χ1v) is 10.1. The summed E-state index contributed by atoms with van der Waals surface area (Å²) < 4.78 is 7.35. The molecule has 0 unspecified atom stereocenters. The molecule has 0 fully saturated rings. The fourth-order valence-electron chi connectivity index (χ4n) is 3.92. The number of halogens is 1. The zero-order valence-corrected chi connectivity index (χ0v) is 17.5. The van der Waals surface area contributed by atoms with Gasteiger partial charge in [0.25, 0.3) is 0 Å². The van der Waals surface area contributed by atoms with Gasteiger partial charge in [-0.3, -0.25) is 0 Å². The molecule has 0 aliphatic carbocycles. The molecule has 0 saturated heterocycles. The van der Waals surface area contributed by atoms with E-state index in [1.165, 1.54) is 0 Å². The molecule has 0 saturated carbocycles. The maximum atomic E-state index is 6.36. The van der Waals surface area contributed by atoms with E-state index in [0.717, 1.165) is 50.7 Å². The molecule has 150 valence electrons. The summed E-state index contributed by atoms with van der Waals surface area (Å²) in [5.41, 5.74) is 6.39. The van der Waals surface area contributed by atoms with Crippen LogP contribution in [0.2, 0.25) is 5.02 Å². The van der Waals surface area contributed by atoms with Crippen molar-refractivity contribution >= 4 is 34.6 Å². The number of fused-ring (bicyclic) bond motifs is 3. The number of ether oxygens (including phenoxy) is 1. The van der Waals surface area contributed by atoms with Gasteiger partial charge in [0.15, 0.2) is 0 Å². The molecule has 1 N–H and O–H groups in total. The zero-order valence-electron chi connectivity index (χ0n) is 16.8. The summed E-state index contributed by atoms with van der Waals surface area (Å²) in [6, 6.07) is 24.2. The van der Waals surface area contributed by atoms with Crippen LogP contribution in [0.15, 0.2) is 72.8 Å². The Morgan fingerprint density at radius 2 is 1.77 bits per heavy atom. The van der Waals surface area contributed by atoms with Crippen LogP contribution in [0.3, 0.4) is 0 Å². The van der Waals surface area contributed by atoms with Gasteiger partial charge in [-0.2, -0.15) is 0 Å². The Morgan fingerprint density at radius 3 is 2.50 bits per heavy atom. The van der Waals surface area contributed by atoms with Crippen LogP contribution < -0.4 is 15.0 Å². The Bertz CT molecular complexity index is 1200. The second kappa shape index (κ2) is 7.43. The van der Waals surface area contributed by atoms with Crippen molar-refractivity contribution in [2.75, 3.05) is 17.3 Å². The van der Waals surface area contributed by atoms with Crippen molar-refractivity contribution in [2.24, 2.45) is 7.05 Å². The van der Waals surface area contributed by atoms with E-state index >= 15 is 0 Å². The Hall–Kier alpha value is -3.44. The van der Waals surface area contributed by atoms with Crippen LogP contribution in [-0.4, -0.2) is 16.7 Å². The van der Waals surface area contributed by atoms with Gasteiger partial charge in [0.1, 0.15) is 5.75 Å². The number of rotatable bonds is 4. The fourth-order valence-corrected chi connectivity index (χ4v) is 4.08. The first kappa shape index (κ1) is 18.6. The molecule has 1 aliphatic rings. The largest absolute Gasteiger partial charge is 0.497 e. The van der Waals surface area contributed by atoms with E-state index in [1.807, 2.05) is 61.6 Å². The van der Waals surface area contributed by atoms with Crippen molar-refractivity contribution in [2.45, 2.75) is 6.54 Å². The minimum absolute atomic E-state index is 0.671. The highest BCUT2D eigenvalue weighted by molar-refractivity contribution is 6.31. The number of benzene rings is 3. The van der Waals surface area contributed by atoms with Crippen LogP contribution in [0.25, 0.3) is 11.3 Å². The number of aromatic nitrogens is 2. The first-order chi connectivity index (χ1) is 14.6. The van der Waals surface area contributed by atoms with Crippen molar-refractivity contribution in [1.29, 1.82) is 0 Å². The molecule has 0 radical (unpaired) electrons. The molecule has 0 spiro atoms. The molecule has 4 aromatic rings. The first-order valence-electron chi connectivity index (χ1n) is 9.73. The van der Waals surface area contributed by atoms with Gasteiger partial charge in [0.2, 0.25) is 5.95 Å². The van der Waals surface area contributed by atoms with Crippen molar-refractivity contribution in [3.05, 3.63) is 83.5 Å². The molecule has 30 heavy (non-hydrogen) atoms. The van der Waals surface area contributed by atoms with Crippen LogP contribution in [-0.2, 0) is 13.6 Å². The monoisotopic (exact) mass is 416 g/mol. The predicted molar refractivity (Wildman–Crippen MR) is 122 cm³/mol. The van der Waals surface area contributed by atoms with Gasteiger partial charge >= 0.3 is 0 Å². The molecule has 6 heteroatoms. The number of anilines is 4. The SMILES string of the molecule is COc1ccc(Nc2nc3c(n2C)-c2ccc(Cl)cc2N(c2ccccc2)C3)cc1. The van der Waals surface area contributed by atoms with Gasteiger partial charge < -0.3 is 19.5 Å². The fraction of sp³-hybridized carbons (Fsp3) is 0.125. The minimum Gasteiger partial charge on any atom is -0.497 e. The maximum absolute atomic E-state index is 6.36. The second-order valence-electron chi connectivity index (χ2n) is 7.23. The molecule has 5 nitrogen and oxygen atoms in total. The lowest BCUT2D eigenvalue weighted by molar-refractivity contribution is 0.415. The third-order valence-corrected chi connectivity index (χ3v) is 5.63. The third-order valence-electron chi connectivity index (χ3n) is 5.39. The summed E-state index contributed by atoms with van der Waals surface area (Å²) in [5.74, 6) is 1.62. The molecule has 0 amide bonds. The smallest absolute Gasteiger partial charge is 0.207 e. The van der Waals surface area contributed by atoms with E-state index in [9.17, 15) is 0 Å². The highest BCUT2D eigenvalue weighted by Crippen LogP contribution is 2.44. The van der Waals surface area contributed by atoms with E-state index < -0.39 is 0 Å². The van der Waals surface area contributed by atoms with Gasteiger partial charge in [-0.15, -0.1) is 0 Å². The summed E-state index contributed by atoms with van der Waals surface area (Å²) in [6.45, 7) is 0.671. The molecule has 1 aliphatic heterocycles. The topological polar surface area (TPSA) is 42.3 Å². The Balaban J connectivity index is 1.58. The number of nitrogens with zero attached hydrogens (tertiary/aromatic N) is 3. The van der Waals surface area contributed by atoms with E-state index in [-0.39, 0.29) is 0 Å². The lowest BCUT2D eigenvalue weighted by Gasteiger charge is -2.31. The highest BCUT2D eigenvalue weighted by Gasteiger charge is 2.28. The standard InChI is InChI=1S/C24H21ClN4O/c1-28-23-20-13-8-16(25)14-22(20)29(18-6-4-3-5-7-18)15-21(23)27-24(28)26-17-9-11-19(30-2)12-10-17/h3-14H,15H2,1-2H3,(H,26,27). The molecule has 5 rings (SSSR count). The van der Waals surface area contributed by atoms with E-state index in [1.54, 1.807) is 7.11 Å². The van der Waals surface area contributed by atoms with Crippen molar-refractivity contribution < 1.29 is 4.74 Å². The van der Waals surface area contributed by atoms with E-state index in [0.29, 0.717) is 6.54 Å². The second-order valence-corrected chi connectivity index (χ2v) is 7.66. The van der Waals surface area contributed by atoms with Gasteiger partial charge in [-0.25, -0.2) is 4.98 Å². The zero-order chi connectivity index (χ0) is 20.7. The van der Waals surface area contributed by atoms with E-state index in [4.69, 9.17) is 21.3 Å². The number of imidazole rings is 1. The van der Waals surface area contributed by atoms with Gasteiger partial charge in [-0.05, 0) is 54.6 Å². The number of nitrogens with one attached hydrogen (secondary N) is 1. The van der Waals surface area contributed by atoms with Gasteiger partial charge in [-0.1, -0.05) is 29.8 Å². The summed E-state index contributed by atoms with van der Waals surface area (Å²) in [5, 5.41) is 4.15. The Kier molecular flexibility index (Phi) is 4.60. The van der Waals surface area contributed by atoms with E-state index in [2.05, 4.69) is 33.0 Å². The number of methoxy groups -OCH3 is 1. The molecule has 2 heterocycles. The minimum atomic E-state index is 0.671. The quantitative estimate of drug-likeness (QED) is 0.433. The molecule has 0 atom stereocenters. The Labute approximate surface area is 180 Å². The van der Waals surface area contributed by atoms with Crippen LogP contribution in [0.5, 0.6) is 5.75 Å². The maximum Gasteiger partial charge on any atom is 0.207 e. The normalized spacial score (nSPS) is 12.3. The molecule has 0 bridgehead atoms. The summed E-state index contributed by atoms with van der Waals surface area (Å²) in [6.07, 6.45) is 0. The highest BCUT2D eigenvalue weighted by atomic mass is 35.5. The van der Waals surface area contributed by atoms with Crippen LogP contribution in [0.4, 0.5) is 23.0 Å². The third kappa shape index (κ3) is 3.17. The predicted octanol–water partition coefficient (Wildman–Crippen LogP) is 6.14. The average Bonchev–Trinajstić information content (AvgIpc) is 3.09. The van der Waals surface area contributed by atoms with Crippen molar-refractivity contribution in [1.82, 2.24) is 9.55 Å². The Morgan fingerprint density at radius 1 is 1.00 bits per heavy atom. The average molecular weight is 417 g/mol. The summed E-state index contributed by atoms with van der Waals surface area (Å²) >= 11 is 6.36. The molecular formula is C24H21ClN4O. The van der Waals surface area contributed by atoms with Crippen molar-refractivity contribution in [3.8, 4) is 17.0 Å². The molecular weight excluding hydrogens is 396 g/mol. The lowest BCUT2D eigenvalue weighted by atomic mass is 10.0. The van der Waals surface area contributed by atoms with Crippen LogP contribution >= 0.6 is 11.6 Å². The van der Waals surface area contributed by atoms with Crippen LogP contribution in [0, 0.1) is 0 Å². The number of hydrogen-bond acceptors (Lipinski definition) is 4. The number of para-hydroxylation sites is 1. The molecule has 3 aromatic carbocycles. The van der Waals surface area contributed by atoms with Gasteiger partial charge in [0, 0.05) is 29.0 Å². The number of hydrogen-bond donors (Lipinski definition) is 1. The lowest BCUT2D eigenvalue weighted by Crippen LogP contribution is -2.22. The summed E-state index contributed by atoms with van der Waals surface area (Å²) in [4.78, 5) is 7.19. The van der Waals surface area contributed by atoms with Gasteiger partial charge in [0.05, 0.1) is 30.7 Å². The van der Waals surface area contributed by atoms with Crippen LogP contribution in [0.1, 0.15) is 5.69 Å². The molecule has 1 aromatic heterocycles. The van der Waals surface area contributed by atoms with Crippen molar-refractivity contribution in [3.63, 3.8) is 0 Å².